The molecule has 94 valence electrons. The van der Waals surface area contributed by atoms with Gasteiger partial charge in [-0.1, -0.05) is 6.42 Å². The summed E-state index contributed by atoms with van der Waals surface area (Å²) in [5.74, 6) is -0.0232. The summed E-state index contributed by atoms with van der Waals surface area (Å²) in [6, 6.07) is -0.186. The summed E-state index contributed by atoms with van der Waals surface area (Å²) in [5, 5.41) is 6.07. The van der Waals surface area contributed by atoms with Crippen LogP contribution < -0.4 is 10.6 Å². The van der Waals surface area contributed by atoms with Crippen LogP contribution in [0.15, 0.2) is 0 Å². The van der Waals surface area contributed by atoms with Crippen LogP contribution >= 0.6 is 0 Å². The van der Waals surface area contributed by atoms with Gasteiger partial charge in [-0.25, -0.2) is 4.39 Å². The Balaban J connectivity index is 1.83. The molecule has 2 saturated heterocycles. The minimum atomic E-state index is -0.941. The maximum absolute atomic E-state index is 12.4. The zero-order valence-corrected chi connectivity index (χ0v) is 9.67. The highest BCUT2D eigenvalue weighted by molar-refractivity contribution is 5.91. The first-order chi connectivity index (χ1) is 8.17. The van der Waals surface area contributed by atoms with Crippen molar-refractivity contribution in [2.24, 2.45) is 11.3 Å². The van der Waals surface area contributed by atoms with E-state index >= 15 is 0 Å². The Hall–Kier alpha value is -0.970. The molecule has 0 aromatic heterocycles. The van der Waals surface area contributed by atoms with E-state index in [0.29, 0.717) is 18.9 Å². The number of hydrogen-bond donors (Lipinski definition) is 2. The van der Waals surface area contributed by atoms with Crippen molar-refractivity contribution in [3.8, 4) is 0 Å². The Morgan fingerprint density at radius 1 is 1.47 bits per heavy atom. The van der Waals surface area contributed by atoms with Crippen LogP contribution in [0, 0.1) is 11.3 Å². The van der Waals surface area contributed by atoms with Crippen LogP contribution in [-0.4, -0.2) is 37.0 Å². The lowest BCUT2D eigenvalue weighted by molar-refractivity contribution is -0.128. The Morgan fingerprint density at radius 3 is 3.06 bits per heavy atom. The van der Waals surface area contributed by atoms with Gasteiger partial charge in [0, 0.05) is 12.6 Å². The number of fused-ring (bicyclic) bond motifs is 2. The first kappa shape index (κ1) is 11.1. The number of alkyl halides is 1. The SMILES string of the molecule is O=C(CF)C1CC2(CN1)C(=O)NC1CCCC12. The van der Waals surface area contributed by atoms with Gasteiger partial charge in [-0.05, 0) is 25.2 Å². The van der Waals surface area contributed by atoms with E-state index in [1.54, 1.807) is 0 Å². The largest absolute Gasteiger partial charge is 0.353 e. The molecule has 4 unspecified atom stereocenters. The van der Waals surface area contributed by atoms with Crippen molar-refractivity contribution in [2.75, 3.05) is 13.2 Å². The molecule has 2 aliphatic heterocycles. The Morgan fingerprint density at radius 2 is 2.29 bits per heavy atom. The summed E-state index contributed by atoms with van der Waals surface area (Å²) in [7, 11) is 0. The highest BCUT2D eigenvalue weighted by Crippen LogP contribution is 2.49. The summed E-state index contributed by atoms with van der Waals surface area (Å²) in [6.45, 7) is -0.417. The molecule has 5 heteroatoms. The van der Waals surface area contributed by atoms with Gasteiger partial charge in [-0.15, -0.1) is 0 Å². The molecule has 4 nitrogen and oxygen atoms in total. The van der Waals surface area contributed by atoms with Crippen molar-refractivity contribution in [2.45, 2.75) is 37.8 Å². The number of carbonyl (C=O) groups is 2. The molecule has 2 heterocycles. The number of rotatable bonds is 2. The molecule has 0 bridgehead atoms. The van der Waals surface area contributed by atoms with Crippen molar-refractivity contribution >= 4 is 11.7 Å². The summed E-state index contributed by atoms with van der Waals surface area (Å²) < 4.78 is 12.4. The molecule has 17 heavy (non-hydrogen) atoms. The van der Waals surface area contributed by atoms with E-state index in [0.717, 1.165) is 19.3 Å². The number of Topliss-reactive ketones (excluding diaryl/α,β-unsaturated/α-hetero) is 1. The fourth-order valence-corrected chi connectivity index (χ4v) is 3.86. The Bertz CT molecular complexity index is 374. The van der Waals surface area contributed by atoms with Crippen LogP contribution in [0.2, 0.25) is 0 Å². The highest BCUT2D eigenvalue weighted by Gasteiger charge is 2.59. The van der Waals surface area contributed by atoms with Crippen LogP contribution in [0.5, 0.6) is 0 Å². The van der Waals surface area contributed by atoms with E-state index in [4.69, 9.17) is 0 Å². The maximum atomic E-state index is 12.4. The third-order valence-corrected chi connectivity index (χ3v) is 4.75. The van der Waals surface area contributed by atoms with E-state index < -0.39 is 23.9 Å². The van der Waals surface area contributed by atoms with Crippen LogP contribution in [-0.2, 0) is 9.59 Å². The molecule has 0 aromatic carbocycles. The zero-order valence-electron chi connectivity index (χ0n) is 9.67. The molecule has 2 N–H and O–H groups in total. The van der Waals surface area contributed by atoms with Gasteiger partial charge < -0.3 is 10.6 Å². The van der Waals surface area contributed by atoms with Crippen molar-refractivity contribution in [3.63, 3.8) is 0 Å². The number of nitrogens with one attached hydrogen (secondary N) is 2. The van der Waals surface area contributed by atoms with Crippen LogP contribution in [0.4, 0.5) is 4.39 Å². The van der Waals surface area contributed by atoms with E-state index in [-0.39, 0.29) is 11.9 Å². The van der Waals surface area contributed by atoms with Gasteiger partial charge in [0.2, 0.25) is 5.91 Å². The third-order valence-electron chi connectivity index (χ3n) is 4.75. The van der Waals surface area contributed by atoms with Gasteiger partial charge >= 0.3 is 0 Å². The normalized spacial score (nSPS) is 44.1. The Kier molecular flexibility index (Phi) is 2.47. The predicted molar refractivity (Wildman–Crippen MR) is 59.1 cm³/mol. The van der Waals surface area contributed by atoms with Crippen molar-refractivity contribution in [1.82, 2.24) is 10.6 Å². The first-order valence-electron chi connectivity index (χ1n) is 6.30. The summed E-state index contributed by atoms with van der Waals surface area (Å²) in [5.41, 5.74) is -0.448. The molecule has 1 spiro atoms. The number of halogens is 1. The van der Waals surface area contributed by atoms with Gasteiger partial charge in [-0.3, -0.25) is 9.59 Å². The van der Waals surface area contributed by atoms with Gasteiger partial charge in [-0.2, -0.15) is 0 Å². The quantitative estimate of drug-likeness (QED) is 0.723. The number of hydrogen-bond acceptors (Lipinski definition) is 3. The number of amides is 1. The lowest BCUT2D eigenvalue weighted by Crippen LogP contribution is -2.37. The van der Waals surface area contributed by atoms with E-state index in [2.05, 4.69) is 10.6 Å². The maximum Gasteiger partial charge on any atom is 0.228 e. The van der Waals surface area contributed by atoms with Crippen molar-refractivity contribution < 1.29 is 14.0 Å². The second-order valence-corrected chi connectivity index (χ2v) is 5.51. The summed E-state index contributed by atoms with van der Waals surface area (Å²) >= 11 is 0. The molecule has 1 amide bonds. The fourth-order valence-electron chi connectivity index (χ4n) is 3.86. The molecule has 0 aromatic rings. The van der Waals surface area contributed by atoms with Crippen LogP contribution in [0.3, 0.4) is 0 Å². The molecule has 4 atom stereocenters. The Labute approximate surface area is 99.3 Å². The first-order valence-corrected chi connectivity index (χ1v) is 6.30. The molecule has 1 saturated carbocycles. The topological polar surface area (TPSA) is 58.2 Å². The van der Waals surface area contributed by atoms with E-state index in [1.807, 2.05) is 0 Å². The minimum Gasteiger partial charge on any atom is -0.353 e. The predicted octanol–water partition coefficient (Wildman–Crippen LogP) is 0.172. The van der Waals surface area contributed by atoms with Gasteiger partial charge in [0.05, 0.1) is 11.5 Å². The lowest BCUT2D eigenvalue weighted by Gasteiger charge is -2.26. The minimum absolute atomic E-state index is 0.0638. The average Bonchev–Trinajstić information content (AvgIpc) is 2.98. The zero-order chi connectivity index (χ0) is 12.0. The van der Waals surface area contributed by atoms with Gasteiger partial charge in [0.15, 0.2) is 5.78 Å². The third kappa shape index (κ3) is 1.44. The summed E-state index contributed by atoms with van der Waals surface area (Å²) in [4.78, 5) is 23.5. The van der Waals surface area contributed by atoms with Gasteiger partial charge in [0.25, 0.3) is 0 Å². The summed E-state index contributed by atoms with van der Waals surface area (Å²) in [6.07, 6.45) is 3.70. The average molecular weight is 240 g/mol. The van der Waals surface area contributed by atoms with Crippen LogP contribution in [0.25, 0.3) is 0 Å². The fraction of sp³-hybridized carbons (Fsp3) is 0.833. The molecule has 3 rings (SSSR count). The van der Waals surface area contributed by atoms with Crippen molar-refractivity contribution in [1.29, 1.82) is 0 Å². The van der Waals surface area contributed by atoms with Crippen LogP contribution in [0.1, 0.15) is 25.7 Å². The van der Waals surface area contributed by atoms with Crippen molar-refractivity contribution in [3.05, 3.63) is 0 Å². The molecule has 0 radical (unpaired) electrons. The number of carbonyl (C=O) groups excluding carboxylic acids is 2. The lowest BCUT2D eigenvalue weighted by atomic mass is 9.73. The molecule has 1 aliphatic carbocycles. The molecule has 3 fully saturated rings. The van der Waals surface area contributed by atoms with E-state index in [1.165, 1.54) is 0 Å². The molecule has 3 aliphatic rings. The molecular formula is C12H17FN2O2. The second kappa shape index (κ2) is 3.77. The highest BCUT2D eigenvalue weighted by atomic mass is 19.1. The monoisotopic (exact) mass is 240 g/mol. The second-order valence-electron chi connectivity index (χ2n) is 5.51. The van der Waals surface area contributed by atoms with Gasteiger partial charge in [0.1, 0.15) is 6.67 Å². The molecular weight excluding hydrogens is 223 g/mol. The number of ketones is 1. The van der Waals surface area contributed by atoms with E-state index in [9.17, 15) is 14.0 Å². The smallest absolute Gasteiger partial charge is 0.228 e. The standard InChI is InChI=1S/C12H17FN2O2/c13-5-10(16)9-4-12(6-14-9)7-2-1-3-8(7)15-11(12)17/h7-9,14H,1-6H2,(H,15,17).